The Kier molecular flexibility index (Phi) is 6.32. The maximum Gasteiger partial charge on any atom is 0.267 e. The normalized spacial score (nSPS) is 10.5. The molecule has 6 heteroatoms. The minimum absolute atomic E-state index is 0.0260. The van der Waals surface area contributed by atoms with Crippen molar-refractivity contribution in [2.24, 2.45) is 0 Å². The summed E-state index contributed by atoms with van der Waals surface area (Å²) in [6.07, 6.45) is 1.40. The fourth-order valence-electron chi connectivity index (χ4n) is 2.05. The van der Waals surface area contributed by atoms with Crippen molar-refractivity contribution in [2.45, 2.75) is 13.5 Å². The Morgan fingerprint density at radius 1 is 1.00 bits per heavy atom. The first-order valence-electron chi connectivity index (χ1n) is 7.65. The van der Waals surface area contributed by atoms with Crippen molar-refractivity contribution in [3.05, 3.63) is 71.9 Å². The van der Waals surface area contributed by atoms with E-state index in [1.54, 1.807) is 24.3 Å². The third-order valence-corrected chi connectivity index (χ3v) is 3.22. The zero-order chi connectivity index (χ0) is 18.1. The van der Waals surface area contributed by atoms with Crippen LogP contribution in [0.5, 0.6) is 0 Å². The third kappa shape index (κ3) is 5.84. The highest BCUT2D eigenvalue weighted by Crippen LogP contribution is 2.14. The van der Waals surface area contributed by atoms with E-state index < -0.39 is 5.91 Å². The molecule has 0 aliphatic rings. The molecule has 6 nitrogen and oxygen atoms in total. The highest BCUT2D eigenvalue weighted by Gasteiger charge is 2.09. The maximum absolute atomic E-state index is 12.1. The van der Waals surface area contributed by atoms with Crippen LogP contribution in [0.1, 0.15) is 12.5 Å². The van der Waals surface area contributed by atoms with Crippen molar-refractivity contribution < 1.29 is 9.59 Å². The van der Waals surface area contributed by atoms with E-state index in [2.05, 4.69) is 16.0 Å². The van der Waals surface area contributed by atoms with Crippen LogP contribution in [-0.2, 0) is 16.1 Å². The quantitative estimate of drug-likeness (QED) is 0.559. The molecular formula is C19H18N4O2. The van der Waals surface area contributed by atoms with Crippen LogP contribution in [0, 0.1) is 11.3 Å². The number of hydrogen-bond acceptors (Lipinski definition) is 4. The Hall–Kier alpha value is -3.59. The average molecular weight is 334 g/mol. The van der Waals surface area contributed by atoms with Crippen LogP contribution >= 0.6 is 0 Å². The summed E-state index contributed by atoms with van der Waals surface area (Å²) in [5, 5.41) is 17.4. The van der Waals surface area contributed by atoms with Gasteiger partial charge in [0.15, 0.2) is 0 Å². The minimum Gasteiger partial charge on any atom is -0.386 e. The Bertz CT molecular complexity index is 806. The summed E-state index contributed by atoms with van der Waals surface area (Å²) in [6, 6.07) is 18.2. The summed E-state index contributed by atoms with van der Waals surface area (Å²) in [4.78, 5) is 23.1. The molecule has 2 aromatic carbocycles. The number of amides is 2. The van der Waals surface area contributed by atoms with Gasteiger partial charge in [-0.3, -0.25) is 9.59 Å². The molecule has 2 amide bonds. The van der Waals surface area contributed by atoms with Gasteiger partial charge in [-0.2, -0.15) is 5.26 Å². The lowest BCUT2D eigenvalue weighted by atomic mass is 10.2. The van der Waals surface area contributed by atoms with E-state index in [4.69, 9.17) is 5.26 Å². The lowest BCUT2D eigenvalue weighted by Gasteiger charge is -2.07. The molecule has 0 bridgehead atoms. The number of anilines is 2. The highest BCUT2D eigenvalue weighted by atomic mass is 16.2. The van der Waals surface area contributed by atoms with E-state index in [1.807, 2.05) is 36.4 Å². The molecule has 0 saturated carbocycles. The van der Waals surface area contributed by atoms with E-state index in [0.29, 0.717) is 17.9 Å². The summed E-state index contributed by atoms with van der Waals surface area (Å²) >= 11 is 0. The summed E-state index contributed by atoms with van der Waals surface area (Å²) in [5.74, 6) is -0.675. The van der Waals surface area contributed by atoms with Gasteiger partial charge in [0.1, 0.15) is 11.6 Å². The summed E-state index contributed by atoms with van der Waals surface area (Å²) in [6.45, 7) is 1.94. The molecule has 2 aromatic rings. The molecular weight excluding hydrogens is 316 g/mol. The molecule has 0 aliphatic carbocycles. The average Bonchev–Trinajstić information content (AvgIpc) is 2.61. The first-order chi connectivity index (χ1) is 12.1. The largest absolute Gasteiger partial charge is 0.386 e. The molecule has 0 fully saturated rings. The fraction of sp³-hybridized carbons (Fsp3) is 0.105. The van der Waals surface area contributed by atoms with Gasteiger partial charge in [0.05, 0.1) is 0 Å². The molecule has 0 heterocycles. The van der Waals surface area contributed by atoms with Crippen LogP contribution < -0.4 is 16.0 Å². The van der Waals surface area contributed by atoms with Gasteiger partial charge in [0.2, 0.25) is 5.91 Å². The van der Waals surface area contributed by atoms with Crippen molar-refractivity contribution in [3.63, 3.8) is 0 Å². The second-order valence-electron chi connectivity index (χ2n) is 5.25. The first-order valence-corrected chi connectivity index (χ1v) is 7.65. The predicted octanol–water partition coefficient (Wildman–Crippen LogP) is 2.78. The molecule has 0 spiro atoms. The smallest absolute Gasteiger partial charge is 0.267 e. The van der Waals surface area contributed by atoms with Crippen LogP contribution in [0.3, 0.4) is 0 Å². The number of benzene rings is 2. The number of carbonyl (C=O) groups is 2. The van der Waals surface area contributed by atoms with Crippen molar-refractivity contribution in [3.8, 4) is 6.07 Å². The molecule has 0 saturated heterocycles. The molecule has 3 N–H and O–H groups in total. The second-order valence-corrected chi connectivity index (χ2v) is 5.25. The molecule has 0 aliphatic heterocycles. The molecule has 0 unspecified atom stereocenters. The number of carbonyl (C=O) groups excluding carboxylic acids is 2. The topological polar surface area (TPSA) is 94.0 Å². The highest BCUT2D eigenvalue weighted by molar-refractivity contribution is 6.06. The number of rotatable bonds is 6. The first kappa shape index (κ1) is 17.8. The number of nitrogens with one attached hydrogen (secondary N) is 3. The van der Waals surface area contributed by atoms with Gasteiger partial charge in [-0.25, -0.2) is 0 Å². The van der Waals surface area contributed by atoms with Gasteiger partial charge >= 0.3 is 0 Å². The van der Waals surface area contributed by atoms with Crippen LogP contribution in [0.15, 0.2) is 66.4 Å². The Labute approximate surface area is 146 Å². The zero-order valence-electron chi connectivity index (χ0n) is 13.7. The van der Waals surface area contributed by atoms with Crippen LogP contribution in [0.4, 0.5) is 11.4 Å². The van der Waals surface area contributed by atoms with Gasteiger partial charge < -0.3 is 16.0 Å². The van der Waals surface area contributed by atoms with Gasteiger partial charge in [0.25, 0.3) is 5.91 Å². The Balaban J connectivity index is 1.94. The maximum atomic E-state index is 12.1. The molecule has 0 radical (unpaired) electrons. The summed E-state index contributed by atoms with van der Waals surface area (Å²) < 4.78 is 0. The zero-order valence-corrected chi connectivity index (χ0v) is 13.7. The van der Waals surface area contributed by atoms with Gasteiger partial charge in [0, 0.05) is 31.0 Å². The van der Waals surface area contributed by atoms with Crippen molar-refractivity contribution in [1.82, 2.24) is 5.32 Å². The van der Waals surface area contributed by atoms with Crippen molar-refractivity contribution in [1.29, 1.82) is 5.26 Å². The molecule has 2 rings (SSSR count). The fourth-order valence-corrected chi connectivity index (χ4v) is 2.05. The Morgan fingerprint density at radius 2 is 1.60 bits per heavy atom. The predicted molar refractivity (Wildman–Crippen MR) is 96.4 cm³/mol. The van der Waals surface area contributed by atoms with Crippen LogP contribution in [0.2, 0.25) is 0 Å². The third-order valence-electron chi connectivity index (χ3n) is 3.22. The van der Waals surface area contributed by atoms with Gasteiger partial charge in [-0.05, 0) is 29.8 Å². The van der Waals surface area contributed by atoms with E-state index >= 15 is 0 Å². The second kappa shape index (κ2) is 8.89. The Morgan fingerprint density at radius 3 is 2.16 bits per heavy atom. The van der Waals surface area contributed by atoms with Gasteiger partial charge in [-0.15, -0.1) is 0 Å². The standard InChI is InChI=1S/C19H18N4O2/c1-14(24)22-17-7-9-18(10-8-17)23-19(25)16(11-20)13-21-12-15-5-3-2-4-6-15/h2-10,13,21H,12H2,1H3,(H,22,24)(H,23,25)/b16-13-. The van der Waals surface area contributed by atoms with Crippen LogP contribution in [-0.4, -0.2) is 11.8 Å². The number of nitriles is 1. The molecule has 0 atom stereocenters. The van der Waals surface area contributed by atoms with Crippen molar-refractivity contribution >= 4 is 23.2 Å². The van der Waals surface area contributed by atoms with E-state index in [9.17, 15) is 9.59 Å². The SMILES string of the molecule is CC(=O)Nc1ccc(NC(=O)/C(C#N)=C\NCc2ccccc2)cc1. The van der Waals surface area contributed by atoms with Crippen LogP contribution in [0.25, 0.3) is 0 Å². The summed E-state index contributed by atoms with van der Waals surface area (Å²) in [5.41, 5.74) is 2.18. The lowest BCUT2D eigenvalue weighted by molar-refractivity contribution is -0.114. The minimum atomic E-state index is -0.504. The summed E-state index contributed by atoms with van der Waals surface area (Å²) in [7, 11) is 0. The van der Waals surface area contributed by atoms with E-state index in [0.717, 1.165) is 5.56 Å². The molecule has 0 aromatic heterocycles. The number of hydrogen-bond donors (Lipinski definition) is 3. The van der Waals surface area contributed by atoms with E-state index in [1.165, 1.54) is 13.1 Å². The number of nitrogens with zero attached hydrogens (tertiary/aromatic N) is 1. The van der Waals surface area contributed by atoms with Gasteiger partial charge in [-0.1, -0.05) is 30.3 Å². The molecule has 126 valence electrons. The lowest BCUT2D eigenvalue weighted by Crippen LogP contribution is -2.16. The molecule has 25 heavy (non-hydrogen) atoms. The van der Waals surface area contributed by atoms with Crippen molar-refractivity contribution in [2.75, 3.05) is 10.6 Å². The van der Waals surface area contributed by atoms with E-state index in [-0.39, 0.29) is 11.5 Å². The monoisotopic (exact) mass is 334 g/mol.